The maximum Gasteiger partial charge on any atom is 0.325 e. The van der Waals surface area contributed by atoms with Gasteiger partial charge >= 0.3 is 35.9 Å². The Morgan fingerprint density at radius 2 is 0.938 bits per heavy atom. The first-order valence-corrected chi connectivity index (χ1v) is 9.53. The van der Waals surface area contributed by atoms with E-state index in [-0.39, 0.29) is 26.7 Å². The second kappa shape index (κ2) is 7.49. The smallest absolute Gasteiger partial charge is 0.325 e. The van der Waals surface area contributed by atoms with E-state index >= 15 is 0 Å². The normalized spacial score (nSPS) is 26.9. The highest BCUT2D eigenvalue weighted by molar-refractivity contribution is 5.87. The van der Waals surface area contributed by atoms with Gasteiger partial charge < -0.3 is 20.4 Å². The summed E-state index contributed by atoms with van der Waals surface area (Å²) in [4.78, 5) is 78.9. The molecular weight excluding hydrogens is 436 g/mol. The number of carboxylic acid groups (broad SMARTS) is 4. The molecule has 0 saturated carbocycles. The van der Waals surface area contributed by atoms with Crippen molar-refractivity contribution in [1.29, 1.82) is 0 Å². The fraction of sp³-hybridized carbons (Fsp3) is 0.625. The number of hydrogen-bond acceptors (Lipinski definition) is 8. The maximum absolute atomic E-state index is 13.1. The Labute approximate surface area is 179 Å². The number of carboxylic acids is 4. The fourth-order valence-corrected chi connectivity index (χ4v) is 4.68. The van der Waals surface area contributed by atoms with Gasteiger partial charge in [-0.3, -0.25) is 48.6 Å². The zero-order valence-electron chi connectivity index (χ0n) is 16.5. The van der Waals surface area contributed by atoms with Gasteiger partial charge in [0.1, 0.15) is 12.1 Å². The monoisotopic (exact) mass is 456 g/mol. The number of nitrogens with zero attached hydrogens (tertiary/aromatic N) is 6. The minimum Gasteiger partial charge on any atom is -0.481 e. The first-order valence-electron chi connectivity index (χ1n) is 9.53. The molecule has 0 aromatic carbocycles. The third-order valence-corrected chi connectivity index (χ3v) is 6.05. The topological polar surface area (TPSA) is 203 Å². The van der Waals surface area contributed by atoms with Crippen LogP contribution in [-0.4, -0.2) is 137 Å². The summed E-state index contributed by atoms with van der Waals surface area (Å²) < 4.78 is 0. The molecule has 0 bridgehead atoms. The number of hydrogen-bond donors (Lipinski definition) is 4. The van der Waals surface area contributed by atoms with Gasteiger partial charge in [-0.2, -0.15) is 0 Å². The summed E-state index contributed by atoms with van der Waals surface area (Å²) in [6.07, 6.45) is -2.97. The number of rotatable bonds is 8. The van der Waals surface area contributed by atoms with E-state index in [2.05, 4.69) is 0 Å². The van der Waals surface area contributed by atoms with Gasteiger partial charge in [0, 0.05) is 0 Å². The highest BCUT2D eigenvalue weighted by Crippen LogP contribution is 2.40. The molecule has 4 N–H and O–H groups in total. The summed E-state index contributed by atoms with van der Waals surface area (Å²) in [5.41, 5.74) is 0. The van der Waals surface area contributed by atoms with E-state index in [1.165, 1.54) is 29.4 Å². The van der Waals surface area contributed by atoms with Gasteiger partial charge in [0.2, 0.25) is 0 Å². The van der Waals surface area contributed by atoms with Crippen molar-refractivity contribution in [2.45, 2.75) is 37.3 Å². The molecule has 2 unspecified atom stereocenters. The third kappa shape index (κ3) is 3.23. The molecule has 4 aliphatic heterocycles. The van der Waals surface area contributed by atoms with Crippen LogP contribution in [0.4, 0.5) is 9.59 Å². The van der Waals surface area contributed by atoms with Crippen molar-refractivity contribution in [2.75, 3.05) is 26.7 Å². The van der Waals surface area contributed by atoms with Crippen molar-refractivity contribution in [1.82, 2.24) is 29.4 Å². The lowest BCUT2D eigenvalue weighted by Crippen LogP contribution is -2.64. The van der Waals surface area contributed by atoms with E-state index < -0.39 is 73.2 Å². The number of aliphatic carboxylic acids is 4. The zero-order valence-corrected chi connectivity index (χ0v) is 16.5. The number of carbonyl (C=O) groups is 6. The van der Waals surface area contributed by atoms with Crippen LogP contribution in [0, 0.1) is 0 Å². The summed E-state index contributed by atoms with van der Waals surface area (Å²) in [5, 5.41) is 37.0. The first-order chi connectivity index (χ1) is 15.0. The van der Waals surface area contributed by atoms with E-state index in [0.29, 0.717) is 0 Å². The molecule has 0 aliphatic carbocycles. The molecule has 4 aliphatic rings. The molecule has 32 heavy (non-hydrogen) atoms. The second-order valence-electron chi connectivity index (χ2n) is 7.92. The molecule has 0 aromatic rings. The summed E-state index contributed by atoms with van der Waals surface area (Å²) in [5.74, 6) is -5.52. The molecule has 4 amide bonds. The minimum atomic E-state index is -1.47. The van der Waals surface area contributed by atoms with E-state index in [1.807, 2.05) is 0 Å². The van der Waals surface area contributed by atoms with Crippen molar-refractivity contribution < 1.29 is 49.2 Å². The Morgan fingerprint density at radius 3 is 1.16 bits per heavy atom. The van der Waals surface area contributed by atoms with Crippen LogP contribution >= 0.6 is 0 Å². The second-order valence-corrected chi connectivity index (χ2v) is 7.92. The van der Waals surface area contributed by atoms with E-state index in [0.717, 1.165) is 0 Å². The molecular formula is C16H20N6O10. The van der Waals surface area contributed by atoms with Crippen molar-refractivity contribution in [3.05, 3.63) is 0 Å². The van der Waals surface area contributed by atoms with Gasteiger partial charge in [0.05, 0.1) is 39.5 Å². The van der Waals surface area contributed by atoms with Crippen LogP contribution in [0.1, 0.15) is 12.8 Å². The van der Waals surface area contributed by atoms with Crippen LogP contribution < -0.4 is 0 Å². The van der Waals surface area contributed by atoms with Crippen molar-refractivity contribution in [2.24, 2.45) is 0 Å². The van der Waals surface area contributed by atoms with Crippen LogP contribution in [0.5, 0.6) is 0 Å². The van der Waals surface area contributed by atoms with Gasteiger partial charge in [-0.05, 0) is 0 Å². The average molecular weight is 456 g/mol. The predicted octanol–water partition coefficient (Wildman–Crippen LogP) is -2.57. The van der Waals surface area contributed by atoms with Crippen LogP contribution in [0.15, 0.2) is 0 Å². The van der Waals surface area contributed by atoms with E-state index in [4.69, 9.17) is 10.2 Å². The predicted molar refractivity (Wildman–Crippen MR) is 96.2 cm³/mol. The van der Waals surface area contributed by atoms with Gasteiger partial charge in [-0.1, -0.05) is 0 Å². The summed E-state index contributed by atoms with van der Waals surface area (Å²) in [6, 6.07) is -4.14. The Balaban J connectivity index is 1.62. The van der Waals surface area contributed by atoms with Gasteiger partial charge in [0.15, 0.2) is 12.3 Å². The first kappa shape index (κ1) is 21.6. The number of amides is 4. The summed E-state index contributed by atoms with van der Waals surface area (Å²) in [7, 11) is 0. The van der Waals surface area contributed by atoms with Crippen LogP contribution in [0.3, 0.4) is 0 Å². The van der Waals surface area contributed by atoms with E-state index in [9.17, 15) is 39.0 Å². The molecule has 0 radical (unpaired) electrons. The lowest BCUT2D eigenvalue weighted by atomic mass is 10.1. The molecule has 4 saturated heterocycles. The molecule has 0 spiro atoms. The highest BCUT2D eigenvalue weighted by Gasteiger charge is 2.64. The standard InChI is InChI=1S/C16H20N6O10/c23-9(24)1-7(13(27)28)17-3-19-11-12-21(15(19)31)5-18(8(14(29)30)2-10(25)26)6-22(12)16(32)20(11)4-17/h7-8,11-12H,1-6H2,(H,23,24)(H,25,26)(H,27,28)(H,29,30). The van der Waals surface area contributed by atoms with Crippen molar-refractivity contribution in [3.8, 4) is 0 Å². The lowest BCUT2D eigenvalue weighted by molar-refractivity contribution is -0.154. The summed E-state index contributed by atoms with van der Waals surface area (Å²) in [6.45, 7) is -0.961. The minimum absolute atomic E-state index is 0.240. The Hall–Kier alpha value is -3.66. The molecule has 4 heterocycles. The van der Waals surface area contributed by atoms with Gasteiger partial charge in [0.25, 0.3) is 0 Å². The Kier molecular flexibility index (Phi) is 5.04. The van der Waals surface area contributed by atoms with Crippen LogP contribution in [0.2, 0.25) is 0 Å². The van der Waals surface area contributed by atoms with Crippen molar-refractivity contribution >= 4 is 35.9 Å². The van der Waals surface area contributed by atoms with Gasteiger partial charge in [-0.15, -0.1) is 0 Å². The molecule has 4 fully saturated rings. The van der Waals surface area contributed by atoms with E-state index in [1.54, 1.807) is 0 Å². The van der Waals surface area contributed by atoms with Crippen molar-refractivity contribution in [3.63, 3.8) is 0 Å². The zero-order chi connectivity index (χ0) is 23.5. The number of urea groups is 2. The van der Waals surface area contributed by atoms with Crippen LogP contribution in [-0.2, 0) is 19.2 Å². The lowest BCUT2D eigenvalue weighted by Gasteiger charge is -2.44. The molecule has 4 rings (SSSR count). The molecule has 174 valence electrons. The quantitative estimate of drug-likeness (QED) is 0.298. The molecule has 16 heteroatoms. The number of carbonyl (C=O) groups excluding carboxylic acids is 2. The SMILES string of the molecule is O=C(O)CC(C(=O)O)N1CN2C(=O)N3CN(C(CC(=O)O)C(=O)O)CN4C(=O)N(C1)C2C34. The average Bonchev–Trinajstić information content (AvgIpc) is 3.15. The Morgan fingerprint density at radius 1 is 0.656 bits per heavy atom. The molecule has 2 atom stereocenters. The highest BCUT2D eigenvalue weighted by atomic mass is 16.4. The van der Waals surface area contributed by atoms with Crippen LogP contribution in [0.25, 0.3) is 0 Å². The van der Waals surface area contributed by atoms with Gasteiger partial charge in [-0.25, -0.2) is 9.59 Å². The fourth-order valence-electron chi connectivity index (χ4n) is 4.68. The Bertz CT molecular complexity index is 808. The maximum atomic E-state index is 13.1. The summed E-state index contributed by atoms with van der Waals surface area (Å²) >= 11 is 0. The molecule has 16 nitrogen and oxygen atoms in total. The third-order valence-electron chi connectivity index (χ3n) is 6.05. The molecule has 0 aromatic heterocycles. The largest absolute Gasteiger partial charge is 0.481 e.